The lowest BCUT2D eigenvalue weighted by Crippen LogP contribution is -2.30. The minimum Gasteiger partial charge on any atom is -0.478 e. The molecule has 0 aromatic carbocycles. The average Bonchev–Trinajstić information content (AvgIpc) is 2.17. The van der Waals surface area contributed by atoms with Gasteiger partial charge in [0.05, 0.1) is 6.61 Å². The zero-order valence-corrected chi connectivity index (χ0v) is 10.7. The Balaban J connectivity index is 2.69. The first kappa shape index (κ1) is 12.8. The summed E-state index contributed by atoms with van der Waals surface area (Å²) in [7, 11) is 0. The summed E-state index contributed by atoms with van der Waals surface area (Å²) in [6.45, 7) is 9.17. The first-order valence-electron chi connectivity index (χ1n) is 5.95. The summed E-state index contributed by atoms with van der Waals surface area (Å²) in [5.74, 6) is 1.56. The lowest BCUT2D eigenvalue weighted by molar-refractivity contribution is 0.327. The molecule has 0 atom stereocenters. The van der Waals surface area contributed by atoms with Crippen molar-refractivity contribution in [3.05, 3.63) is 18.2 Å². The van der Waals surface area contributed by atoms with Crippen molar-refractivity contribution in [3.8, 4) is 5.88 Å². The van der Waals surface area contributed by atoms with E-state index in [-0.39, 0.29) is 5.54 Å². The molecule has 1 N–H and O–H groups in total. The molecule has 0 bridgehead atoms. The van der Waals surface area contributed by atoms with E-state index < -0.39 is 0 Å². The second-order valence-corrected chi connectivity index (χ2v) is 4.55. The maximum atomic E-state index is 5.37. The Morgan fingerprint density at radius 2 is 2.06 bits per heavy atom. The third kappa shape index (κ3) is 4.09. The van der Waals surface area contributed by atoms with E-state index >= 15 is 0 Å². The molecular weight excluding hydrogens is 200 g/mol. The largest absolute Gasteiger partial charge is 0.478 e. The van der Waals surface area contributed by atoms with E-state index in [1.807, 2.05) is 25.1 Å². The van der Waals surface area contributed by atoms with Gasteiger partial charge in [0.25, 0.3) is 0 Å². The standard InChI is InChI=1S/C13H22N2O/c1-5-10-13(3,4)15-11-8-7-9-12(14-11)16-6-2/h7-9H,5-6,10H2,1-4H3,(H,14,15). The topological polar surface area (TPSA) is 34.1 Å². The first-order chi connectivity index (χ1) is 7.57. The molecule has 0 aliphatic heterocycles. The fourth-order valence-corrected chi connectivity index (χ4v) is 1.75. The summed E-state index contributed by atoms with van der Waals surface area (Å²) in [6.07, 6.45) is 2.28. The minimum atomic E-state index is 0.0760. The van der Waals surface area contributed by atoms with Crippen LogP contribution in [0.4, 0.5) is 5.82 Å². The number of nitrogens with one attached hydrogen (secondary N) is 1. The van der Waals surface area contributed by atoms with Crippen LogP contribution in [0.1, 0.15) is 40.5 Å². The maximum Gasteiger partial charge on any atom is 0.215 e. The van der Waals surface area contributed by atoms with Crippen LogP contribution < -0.4 is 10.1 Å². The van der Waals surface area contributed by atoms with E-state index in [2.05, 4.69) is 31.1 Å². The highest BCUT2D eigenvalue weighted by Crippen LogP contribution is 2.19. The Hall–Kier alpha value is -1.25. The lowest BCUT2D eigenvalue weighted by Gasteiger charge is -2.26. The highest BCUT2D eigenvalue weighted by molar-refractivity contribution is 5.39. The summed E-state index contributed by atoms with van der Waals surface area (Å²) in [4.78, 5) is 4.40. The van der Waals surface area contributed by atoms with Crippen LogP contribution in [0.15, 0.2) is 18.2 Å². The fraction of sp³-hybridized carbons (Fsp3) is 0.615. The van der Waals surface area contributed by atoms with Gasteiger partial charge < -0.3 is 10.1 Å². The molecule has 3 nitrogen and oxygen atoms in total. The summed E-state index contributed by atoms with van der Waals surface area (Å²) in [5, 5.41) is 3.43. The highest BCUT2D eigenvalue weighted by Gasteiger charge is 2.16. The first-order valence-corrected chi connectivity index (χ1v) is 5.95. The summed E-state index contributed by atoms with van der Waals surface area (Å²) in [5.41, 5.74) is 0.0760. The van der Waals surface area contributed by atoms with Crippen LogP contribution in [0.5, 0.6) is 5.88 Å². The van der Waals surface area contributed by atoms with Crippen LogP contribution in [0.25, 0.3) is 0 Å². The molecule has 0 spiro atoms. The van der Waals surface area contributed by atoms with Crippen LogP contribution in [0, 0.1) is 0 Å². The Bertz CT molecular complexity index is 323. The molecule has 0 aliphatic rings. The molecule has 0 unspecified atom stereocenters. The molecule has 3 heteroatoms. The van der Waals surface area contributed by atoms with Gasteiger partial charge in [0, 0.05) is 11.6 Å². The van der Waals surface area contributed by atoms with E-state index in [1.165, 1.54) is 0 Å². The van der Waals surface area contributed by atoms with Crippen molar-refractivity contribution < 1.29 is 4.74 Å². The molecule has 1 rings (SSSR count). The molecule has 1 aromatic heterocycles. The van der Waals surface area contributed by atoms with E-state index in [0.29, 0.717) is 12.5 Å². The number of ether oxygens (including phenoxy) is 1. The molecule has 1 aromatic rings. The van der Waals surface area contributed by atoms with Crippen molar-refractivity contribution in [3.63, 3.8) is 0 Å². The molecule has 1 heterocycles. The third-order valence-corrected chi connectivity index (χ3v) is 2.36. The maximum absolute atomic E-state index is 5.37. The van der Waals surface area contributed by atoms with Crippen LogP contribution >= 0.6 is 0 Å². The average molecular weight is 222 g/mol. The van der Waals surface area contributed by atoms with Crippen LogP contribution in [0.2, 0.25) is 0 Å². The van der Waals surface area contributed by atoms with Crippen molar-refractivity contribution in [1.82, 2.24) is 4.98 Å². The normalized spacial score (nSPS) is 11.2. The van der Waals surface area contributed by atoms with E-state index in [0.717, 1.165) is 18.7 Å². The molecule has 0 radical (unpaired) electrons. The quantitative estimate of drug-likeness (QED) is 0.800. The minimum absolute atomic E-state index is 0.0760. The van der Waals surface area contributed by atoms with Crippen LogP contribution in [-0.2, 0) is 0 Å². The van der Waals surface area contributed by atoms with Crippen molar-refractivity contribution in [1.29, 1.82) is 0 Å². The van der Waals surface area contributed by atoms with Gasteiger partial charge in [-0.05, 0) is 33.3 Å². The Labute approximate surface area is 98.2 Å². The summed E-state index contributed by atoms with van der Waals surface area (Å²) < 4.78 is 5.37. The fourth-order valence-electron chi connectivity index (χ4n) is 1.75. The van der Waals surface area contributed by atoms with Crippen LogP contribution in [-0.4, -0.2) is 17.1 Å². The monoisotopic (exact) mass is 222 g/mol. The molecule has 0 aliphatic carbocycles. The molecule has 0 saturated carbocycles. The Morgan fingerprint density at radius 1 is 1.31 bits per heavy atom. The number of pyridine rings is 1. The van der Waals surface area contributed by atoms with E-state index in [9.17, 15) is 0 Å². The number of hydrogen-bond donors (Lipinski definition) is 1. The van der Waals surface area contributed by atoms with Gasteiger partial charge in [0.2, 0.25) is 5.88 Å². The molecule has 0 fully saturated rings. The van der Waals surface area contributed by atoms with Crippen molar-refractivity contribution >= 4 is 5.82 Å². The van der Waals surface area contributed by atoms with Crippen molar-refractivity contribution in [2.24, 2.45) is 0 Å². The second-order valence-electron chi connectivity index (χ2n) is 4.55. The van der Waals surface area contributed by atoms with Crippen molar-refractivity contribution in [2.75, 3.05) is 11.9 Å². The van der Waals surface area contributed by atoms with E-state index in [1.54, 1.807) is 0 Å². The predicted octanol–water partition coefficient (Wildman–Crippen LogP) is 3.47. The van der Waals surface area contributed by atoms with Crippen LogP contribution in [0.3, 0.4) is 0 Å². The van der Waals surface area contributed by atoms with Crippen molar-refractivity contribution in [2.45, 2.75) is 46.1 Å². The number of nitrogens with zero attached hydrogens (tertiary/aromatic N) is 1. The molecule has 16 heavy (non-hydrogen) atoms. The smallest absolute Gasteiger partial charge is 0.215 e. The van der Waals surface area contributed by atoms with Gasteiger partial charge in [-0.15, -0.1) is 0 Å². The van der Waals surface area contributed by atoms with Gasteiger partial charge in [-0.3, -0.25) is 0 Å². The molecular formula is C13H22N2O. The molecule has 90 valence electrons. The summed E-state index contributed by atoms with van der Waals surface area (Å²) >= 11 is 0. The highest BCUT2D eigenvalue weighted by atomic mass is 16.5. The van der Waals surface area contributed by atoms with Gasteiger partial charge >= 0.3 is 0 Å². The SMILES string of the molecule is CCCC(C)(C)Nc1cccc(OCC)n1. The zero-order chi connectivity index (χ0) is 12.0. The van der Waals surface area contributed by atoms with Gasteiger partial charge in [-0.25, -0.2) is 0 Å². The second kappa shape index (κ2) is 5.73. The third-order valence-electron chi connectivity index (χ3n) is 2.36. The number of aromatic nitrogens is 1. The molecule has 0 saturated heterocycles. The Kier molecular flexibility index (Phi) is 4.59. The summed E-state index contributed by atoms with van der Waals surface area (Å²) in [6, 6.07) is 5.81. The Morgan fingerprint density at radius 3 is 2.69 bits per heavy atom. The number of anilines is 1. The van der Waals surface area contributed by atoms with Gasteiger partial charge in [-0.2, -0.15) is 4.98 Å². The number of hydrogen-bond acceptors (Lipinski definition) is 3. The zero-order valence-electron chi connectivity index (χ0n) is 10.7. The van der Waals surface area contributed by atoms with Gasteiger partial charge in [0.1, 0.15) is 5.82 Å². The van der Waals surface area contributed by atoms with Gasteiger partial charge in [0.15, 0.2) is 0 Å². The number of rotatable bonds is 6. The van der Waals surface area contributed by atoms with Gasteiger partial charge in [-0.1, -0.05) is 19.4 Å². The lowest BCUT2D eigenvalue weighted by atomic mass is 9.99. The predicted molar refractivity (Wildman–Crippen MR) is 68.0 cm³/mol. The molecule has 0 amide bonds. The van der Waals surface area contributed by atoms with E-state index in [4.69, 9.17) is 4.74 Å².